The summed E-state index contributed by atoms with van der Waals surface area (Å²) in [5.74, 6) is -0.827. The molecular formula is C28H24F2N4O2S. The van der Waals surface area contributed by atoms with E-state index in [1.165, 1.54) is 30.6 Å². The van der Waals surface area contributed by atoms with Gasteiger partial charge in [0.25, 0.3) is 10.0 Å². The molecule has 0 fully saturated rings. The molecular weight excluding hydrogens is 494 g/mol. The average molecular weight is 519 g/mol. The molecule has 3 heterocycles. The summed E-state index contributed by atoms with van der Waals surface area (Å²) in [6.07, 6.45) is 4.73. The fourth-order valence-corrected chi connectivity index (χ4v) is 5.62. The predicted octanol–water partition coefficient (Wildman–Crippen LogP) is 5.69. The summed E-state index contributed by atoms with van der Waals surface area (Å²) in [7, 11) is -2.17. The van der Waals surface area contributed by atoms with E-state index in [4.69, 9.17) is 0 Å². The van der Waals surface area contributed by atoms with E-state index in [1.54, 1.807) is 54.6 Å². The van der Waals surface area contributed by atoms with E-state index in [2.05, 4.69) is 9.97 Å². The Morgan fingerprint density at radius 2 is 1.51 bits per heavy atom. The van der Waals surface area contributed by atoms with E-state index < -0.39 is 15.8 Å². The highest BCUT2D eigenvalue weighted by molar-refractivity contribution is 7.90. The van der Waals surface area contributed by atoms with Crippen LogP contribution in [0.4, 0.5) is 8.78 Å². The van der Waals surface area contributed by atoms with Crippen LogP contribution in [-0.4, -0.2) is 34.3 Å². The maximum absolute atomic E-state index is 14.7. The van der Waals surface area contributed by atoms with Crippen LogP contribution < -0.4 is 0 Å². The van der Waals surface area contributed by atoms with Crippen LogP contribution >= 0.6 is 0 Å². The Balaban J connectivity index is 1.43. The maximum atomic E-state index is 14.7. The molecule has 0 aliphatic carbocycles. The monoisotopic (exact) mass is 518 g/mol. The molecule has 0 unspecified atom stereocenters. The number of aromatic nitrogens is 3. The van der Waals surface area contributed by atoms with Gasteiger partial charge in [0, 0.05) is 48.5 Å². The molecule has 37 heavy (non-hydrogen) atoms. The van der Waals surface area contributed by atoms with Crippen molar-refractivity contribution in [1.82, 2.24) is 18.8 Å². The van der Waals surface area contributed by atoms with E-state index in [9.17, 15) is 17.2 Å². The van der Waals surface area contributed by atoms with Crippen LogP contribution in [0.3, 0.4) is 0 Å². The van der Waals surface area contributed by atoms with Crippen molar-refractivity contribution in [2.45, 2.75) is 18.1 Å². The molecule has 5 aromatic rings. The number of rotatable bonds is 8. The number of pyridine rings is 1. The Bertz CT molecular complexity index is 1650. The zero-order valence-electron chi connectivity index (χ0n) is 20.0. The fourth-order valence-electron chi connectivity index (χ4n) is 4.29. The van der Waals surface area contributed by atoms with Gasteiger partial charge in [-0.2, -0.15) is 8.42 Å². The first-order valence-electron chi connectivity index (χ1n) is 11.6. The molecule has 9 heteroatoms. The van der Waals surface area contributed by atoms with Gasteiger partial charge in [-0.25, -0.2) is 17.7 Å². The van der Waals surface area contributed by atoms with Crippen LogP contribution in [0.15, 0.2) is 102 Å². The molecule has 0 radical (unpaired) electrons. The third-order valence-electron chi connectivity index (χ3n) is 5.97. The molecule has 1 N–H and O–H groups in total. The van der Waals surface area contributed by atoms with Crippen LogP contribution in [0.2, 0.25) is 0 Å². The minimum Gasteiger partial charge on any atom is -0.361 e. The van der Waals surface area contributed by atoms with Gasteiger partial charge in [-0.15, -0.1) is 0 Å². The molecule has 0 aliphatic heterocycles. The van der Waals surface area contributed by atoms with Crippen molar-refractivity contribution in [1.29, 1.82) is 0 Å². The van der Waals surface area contributed by atoms with Gasteiger partial charge in [-0.05, 0) is 66.7 Å². The van der Waals surface area contributed by atoms with Gasteiger partial charge in [0.05, 0.1) is 5.69 Å². The Hall–Kier alpha value is -4.08. The second-order valence-electron chi connectivity index (χ2n) is 8.76. The summed E-state index contributed by atoms with van der Waals surface area (Å²) in [6.45, 7) is 0.921. The van der Waals surface area contributed by atoms with Crippen molar-refractivity contribution >= 4 is 10.0 Å². The Kier molecular flexibility index (Phi) is 6.73. The van der Waals surface area contributed by atoms with Gasteiger partial charge in [0.2, 0.25) is 0 Å². The van der Waals surface area contributed by atoms with Crippen LogP contribution in [0.1, 0.15) is 11.1 Å². The molecule has 0 spiro atoms. The Labute approximate surface area is 213 Å². The van der Waals surface area contributed by atoms with Gasteiger partial charge in [-0.3, -0.25) is 4.90 Å². The first-order chi connectivity index (χ1) is 17.8. The lowest BCUT2D eigenvalue weighted by Gasteiger charge is -2.14. The molecule has 0 bridgehead atoms. The number of benzene rings is 2. The number of nitrogens with one attached hydrogen (secondary N) is 1. The minimum absolute atomic E-state index is 0.129. The number of aromatic amines is 1. The lowest BCUT2D eigenvalue weighted by molar-refractivity contribution is 0.319. The van der Waals surface area contributed by atoms with Gasteiger partial charge < -0.3 is 4.98 Å². The summed E-state index contributed by atoms with van der Waals surface area (Å²) >= 11 is 0. The quantitative estimate of drug-likeness (QED) is 0.286. The first kappa shape index (κ1) is 24.6. The van der Waals surface area contributed by atoms with Crippen LogP contribution in [0, 0.1) is 11.6 Å². The second kappa shape index (κ2) is 10.1. The highest BCUT2D eigenvalue weighted by Crippen LogP contribution is 2.29. The Morgan fingerprint density at radius 1 is 0.865 bits per heavy atom. The molecule has 2 aromatic carbocycles. The largest absolute Gasteiger partial charge is 0.361 e. The first-order valence-corrected chi connectivity index (χ1v) is 13.0. The molecule has 188 valence electrons. The van der Waals surface area contributed by atoms with Crippen molar-refractivity contribution in [2.24, 2.45) is 0 Å². The highest BCUT2D eigenvalue weighted by Gasteiger charge is 2.24. The van der Waals surface area contributed by atoms with Crippen molar-refractivity contribution < 1.29 is 17.2 Å². The highest BCUT2D eigenvalue weighted by atomic mass is 32.2. The van der Waals surface area contributed by atoms with Crippen LogP contribution in [0.5, 0.6) is 0 Å². The molecule has 0 aliphatic rings. The number of hydrogen-bond donors (Lipinski definition) is 1. The summed E-state index contributed by atoms with van der Waals surface area (Å²) in [5.41, 5.74) is 3.19. The van der Waals surface area contributed by atoms with Gasteiger partial charge >= 0.3 is 0 Å². The summed E-state index contributed by atoms with van der Waals surface area (Å²) < 4.78 is 56.8. The average Bonchev–Trinajstić information content (AvgIpc) is 3.53. The Morgan fingerprint density at radius 3 is 2.19 bits per heavy atom. The number of halogens is 2. The minimum atomic E-state index is -4.06. The van der Waals surface area contributed by atoms with Crippen molar-refractivity contribution in [3.05, 3.63) is 120 Å². The summed E-state index contributed by atoms with van der Waals surface area (Å²) in [5, 5.41) is -0.129. The molecule has 6 nitrogen and oxygen atoms in total. The molecule has 0 saturated carbocycles. The zero-order valence-corrected chi connectivity index (χ0v) is 20.8. The van der Waals surface area contributed by atoms with Crippen molar-refractivity contribution in [2.75, 3.05) is 7.05 Å². The number of hydrogen-bond acceptors (Lipinski definition) is 4. The standard InChI is InChI=1S/C28H24F2N4O2S/c1-33(17-20-14-26(32-16-20)22-8-2-4-10-24(22)29)18-21-15-27(23-9-3-5-11-25(23)30)34(19-21)37(35,36)28-12-6-7-13-31-28/h2-16,19,32H,17-18H2,1H3. The van der Waals surface area contributed by atoms with Crippen LogP contribution in [-0.2, 0) is 23.1 Å². The lowest BCUT2D eigenvalue weighted by Crippen LogP contribution is -2.17. The molecule has 3 aromatic heterocycles. The van der Waals surface area contributed by atoms with Crippen LogP contribution in [0.25, 0.3) is 22.5 Å². The molecule has 0 saturated heterocycles. The molecule has 0 amide bonds. The number of nitrogens with zero attached hydrogens (tertiary/aromatic N) is 3. The van der Waals surface area contributed by atoms with Gasteiger partial charge in [0.15, 0.2) is 5.03 Å². The topological polar surface area (TPSA) is 71.0 Å². The van der Waals surface area contributed by atoms with E-state index in [1.807, 2.05) is 24.2 Å². The number of H-pyrrole nitrogens is 1. The maximum Gasteiger partial charge on any atom is 0.285 e. The molecule has 0 atom stereocenters. The third kappa shape index (κ3) is 5.09. The summed E-state index contributed by atoms with van der Waals surface area (Å²) in [4.78, 5) is 9.11. The van der Waals surface area contributed by atoms with Gasteiger partial charge in [0.1, 0.15) is 11.6 Å². The lowest BCUT2D eigenvalue weighted by atomic mass is 10.1. The zero-order chi connectivity index (χ0) is 26.0. The fraction of sp³-hybridized carbons (Fsp3) is 0.107. The van der Waals surface area contributed by atoms with E-state index >= 15 is 0 Å². The van der Waals surface area contributed by atoms with E-state index in [0.717, 1.165) is 9.54 Å². The second-order valence-corrected chi connectivity index (χ2v) is 10.5. The van der Waals surface area contributed by atoms with E-state index in [-0.39, 0.29) is 22.1 Å². The van der Waals surface area contributed by atoms with Crippen molar-refractivity contribution in [3.63, 3.8) is 0 Å². The molecule has 5 rings (SSSR count). The third-order valence-corrected chi connectivity index (χ3v) is 7.56. The van der Waals surface area contributed by atoms with Crippen molar-refractivity contribution in [3.8, 4) is 22.5 Å². The summed E-state index contributed by atoms with van der Waals surface area (Å²) in [6, 6.07) is 20.8. The van der Waals surface area contributed by atoms with Gasteiger partial charge in [-0.1, -0.05) is 30.3 Å². The van der Waals surface area contributed by atoms with E-state index in [0.29, 0.717) is 29.9 Å². The SMILES string of the molecule is CN(Cc1c[nH]c(-c2ccccc2F)c1)Cc1cc(-c2ccccc2F)n(S(=O)(=O)c2ccccn2)c1. The normalized spacial score (nSPS) is 11.8. The predicted molar refractivity (Wildman–Crippen MR) is 138 cm³/mol. The smallest absolute Gasteiger partial charge is 0.285 e.